The van der Waals surface area contributed by atoms with Crippen LogP contribution in [0.15, 0.2) is 42.5 Å². The highest BCUT2D eigenvalue weighted by atomic mass is 32.1. The molecule has 2 aromatic carbocycles. The SMILES string of the molecule is CCOC(=O)c1sc(-c2ccc(OCC(C)C)c(C(Nc3ccc(OC)cc3)P(=O)(OCC)OCC)c2)nc1C. The van der Waals surface area contributed by atoms with Gasteiger partial charge in [-0.1, -0.05) is 13.8 Å². The van der Waals surface area contributed by atoms with Crippen LogP contribution in [0, 0.1) is 12.8 Å². The Bertz CT molecular complexity index is 1300. The van der Waals surface area contributed by atoms with E-state index in [1.54, 1.807) is 34.8 Å². The van der Waals surface area contributed by atoms with Gasteiger partial charge in [0.15, 0.2) is 5.78 Å². The van der Waals surface area contributed by atoms with Crippen molar-refractivity contribution in [1.82, 2.24) is 4.98 Å². The van der Waals surface area contributed by atoms with Crippen LogP contribution < -0.4 is 14.8 Å². The third-order valence-corrected chi connectivity index (χ3v) is 9.17. The van der Waals surface area contributed by atoms with E-state index in [-0.39, 0.29) is 25.7 Å². The fourth-order valence-electron chi connectivity index (χ4n) is 3.91. The molecule has 9 nitrogen and oxygen atoms in total. The van der Waals surface area contributed by atoms with Crippen molar-refractivity contribution in [1.29, 1.82) is 0 Å². The van der Waals surface area contributed by atoms with Crippen LogP contribution in [-0.4, -0.2) is 44.5 Å². The highest BCUT2D eigenvalue weighted by Gasteiger charge is 2.39. The van der Waals surface area contributed by atoms with E-state index in [2.05, 4.69) is 24.1 Å². The molecule has 1 unspecified atom stereocenters. The molecular formula is C29H39N2O7PS. The van der Waals surface area contributed by atoms with Gasteiger partial charge in [0, 0.05) is 16.8 Å². The average Bonchev–Trinajstić information content (AvgIpc) is 3.33. The molecule has 1 N–H and O–H groups in total. The van der Waals surface area contributed by atoms with Gasteiger partial charge in [0.1, 0.15) is 21.4 Å². The van der Waals surface area contributed by atoms with Crippen molar-refractivity contribution in [3.63, 3.8) is 0 Å². The van der Waals surface area contributed by atoms with Crippen LogP contribution in [0.3, 0.4) is 0 Å². The van der Waals surface area contributed by atoms with Crippen molar-refractivity contribution in [2.45, 2.75) is 47.3 Å². The third-order valence-electron chi connectivity index (χ3n) is 5.71. The minimum atomic E-state index is -3.76. The largest absolute Gasteiger partial charge is 0.497 e. The lowest BCUT2D eigenvalue weighted by atomic mass is 10.1. The number of nitrogens with zero attached hydrogens (tertiary/aromatic N) is 1. The number of benzene rings is 2. The summed E-state index contributed by atoms with van der Waals surface area (Å²) in [6.45, 7) is 12.3. The summed E-state index contributed by atoms with van der Waals surface area (Å²) >= 11 is 1.25. The first-order valence-electron chi connectivity index (χ1n) is 13.4. The van der Waals surface area contributed by atoms with Crippen molar-refractivity contribution in [2.75, 3.05) is 38.9 Å². The number of carbonyl (C=O) groups is 1. The van der Waals surface area contributed by atoms with Crippen molar-refractivity contribution in [3.05, 3.63) is 58.6 Å². The summed E-state index contributed by atoms with van der Waals surface area (Å²) in [7, 11) is -2.17. The fraction of sp³-hybridized carbons (Fsp3) is 0.448. The topological polar surface area (TPSA) is 105 Å². The maximum absolute atomic E-state index is 14.3. The zero-order valence-electron chi connectivity index (χ0n) is 24.2. The number of hydrogen-bond donors (Lipinski definition) is 1. The molecule has 11 heteroatoms. The van der Waals surface area contributed by atoms with E-state index in [4.69, 9.17) is 23.3 Å². The molecule has 0 saturated carbocycles. The van der Waals surface area contributed by atoms with Gasteiger partial charge in [0.25, 0.3) is 0 Å². The second-order valence-corrected chi connectivity index (χ2v) is 12.4. The van der Waals surface area contributed by atoms with Crippen LogP contribution >= 0.6 is 18.9 Å². The number of anilines is 1. The van der Waals surface area contributed by atoms with Gasteiger partial charge >= 0.3 is 13.6 Å². The number of hydrogen-bond acceptors (Lipinski definition) is 10. The van der Waals surface area contributed by atoms with Crippen molar-refractivity contribution in [3.8, 4) is 22.1 Å². The maximum atomic E-state index is 14.3. The predicted octanol–water partition coefficient (Wildman–Crippen LogP) is 7.72. The van der Waals surface area contributed by atoms with Gasteiger partial charge in [0.05, 0.1) is 39.2 Å². The van der Waals surface area contributed by atoms with Gasteiger partial charge in [-0.25, -0.2) is 9.78 Å². The molecule has 0 aliphatic rings. The van der Waals surface area contributed by atoms with Crippen molar-refractivity contribution in [2.24, 2.45) is 5.92 Å². The second-order valence-electron chi connectivity index (χ2n) is 9.26. The Balaban J connectivity index is 2.18. The maximum Gasteiger partial charge on any atom is 0.357 e. The molecule has 0 aliphatic heterocycles. The lowest BCUT2D eigenvalue weighted by Gasteiger charge is -2.30. The fourth-order valence-corrected chi connectivity index (χ4v) is 6.81. The van der Waals surface area contributed by atoms with Gasteiger partial charge in [-0.3, -0.25) is 4.57 Å². The van der Waals surface area contributed by atoms with E-state index in [9.17, 15) is 9.36 Å². The smallest absolute Gasteiger partial charge is 0.357 e. The summed E-state index contributed by atoms with van der Waals surface area (Å²) < 4.78 is 42.7. The summed E-state index contributed by atoms with van der Waals surface area (Å²) in [6.07, 6.45) is 0. The van der Waals surface area contributed by atoms with E-state index in [0.717, 1.165) is 5.56 Å². The Morgan fingerprint density at radius 1 is 1.02 bits per heavy atom. The zero-order chi connectivity index (χ0) is 29.3. The first-order chi connectivity index (χ1) is 19.1. The molecule has 218 valence electrons. The monoisotopic (exact) mass is 590 g/mol. The molecule has 0 saturated heterocycles. The van der Waals surface area contributed by atoms with E-state index in [1.165, 1.54) is 11.3 Å². The summed E-state index contributed by atoms with van der Waals surface area (Å²) in [6, 6.07) is 12.9. The van der Waals surface area contributed by atoms with E-state index in [0.29, 0.717) is 44.9 Å². The Morgan fingerprint density at radius 2 is 1.70 bits per heavy atom. The highest BCUT2D eigenvalue weighted by molar-refractivity contribution is 7.54. The molecule has 3 rings (SSSR count). The van der Waals surface area contributed by atoms with Crippen molar-refractivity contribution < 1.29 is 32.6 Å². The minimum absolute atomic E-state index is 0.189. The quantitative estimate of drug-likeness (QED) is 0.141. The number of rotatable bonds is 15. The summed E-state index contributed by atoms with van der Waals surface area (Å²) in [5.74, 6) is 0.187. The van der Waals surface area contributed by atoms with Crippen LogP contribution in [0.4, 0.5) is 5.69 Å². The molecule has 40 heavy (non-hydrogen) atoms. The molecule has 0 amide bonds. The van der Waals surface area contributed by atoms with Gasteiger partial charge in [-0.2, -0.15) is 0 Å². The van der Waals surface area contributed by atoms with E-state index >= 15 is 0 Å². The Kier molecular flexibility index (Phi) is 11.6. The molecule has 3 aromatic rings. The number of methoxy groups -OCH3 is 1. The number of ether oxygens (including phenoxy) is 3. The molecule has 0 aliphatic carbocycles. The summed E-state index contributed by atoms with van der Waals surface area (Å²) in [4.78, 5) is 17.5. The Hall–Kier alpha value is -2.91. The van der Waals surface area contributed by atoms with E-state index < -0.39 is 19.3 Å². The van der Waals surface area contributed by atoms with Crippen molar-refractivity contribution >= 4 is 30.6 Å². The van der Waals surface area contributed by atoms with Gasteiger partial charge in [0.2, 0.25) is 0 Å². The third kappa shape index (κ3) is 7.85. The second kappa shape index (κ2) is 14.6. The number of nitrogens with one attached hydrogen (secondary N) is 1. The van der Waals surface area contributed by atoms with E-state index in [1.807, 2.05) is 42.5 Å². The van der Waals surface area contributed by atoms with Crippen LogP contribution in [0.1, 0.15) is 61.3 Å². The molecule has 1 atom stereocenters. The Morgan fingerprint density at radius 3 is 2.27 bits per heavy atom. The lowest BCUT2D eigenvalue weighted by Crippen LogP contribution is -2.17. The van der Waals surface area contributed by atoms with Crippen LogP contribution in [0.25, 0.3) is 10.6 Å². The molecule has 0 spiro atoms. The summed E-state index contributed by atoms with van der Waals surface area (Å²) in [5, 5.41) is 4.00. The number of thiazole rings is 1. The molecule has 1 heterocycles. The van der Waals surface area contributed by atoms with Gasteiger partial charge < -0.3 is 28.6 Å². The standard InChI is InChI=1S/C29H39N2O7PS/c1-8-35-29(32)26-20(6)30-28(40-26)21-11-16-25(36-18-19(4)5)24(17-21)27(39(33,37-9-2)38-10-3)31-22-12-14-23(34-7)15-13-22/h11-17,19,27,31H,8-10,18H2,1-7H3. The normalized spacial score (nSPS) is 12.3. The van der Waals surface area contributed by atoms with Gasteiger partial charge in [-0.15, -0.1) is 11.3 Å². The van der Waals surface area contributed by atoms with Gasteiger partial charge in [-0.05, 0) is 76.1 Å². The zero-order valence-corrected chi connectivity index (χ0v) is 25.9. The lowest BCUT2D eigenvalue weighted by molar-refractivity contribution is 0.0531. The molecule has 0 fully saturated rings. The first kappa shape index (κ1) is 31.6. The Labute approximate surface area is 240 Å². The average molecular weight is 591 g/mol. The molecule has 0 radical (unpaired) electrons. The number of aryl methyl sites for hydroxylation is 1. The number of esters is 1. The number of carbonyl (C=O) groups excluding carboxylic acids is 1. The number of aromatic nitrogens is 1. The molecular weight excluding hydrogens is 551 g/mol. The minimum Gasteiger partial charge on any atom is -0.497 e. The highest BCUT2D eigenvalue weighted by Crippen LogP contribution is 2.62. The predicted molar refractivity (Wildman–Crippen MR) is 159 cm³/mol. The summed E-state index contributed by atoms with van der Waals surface area (Å²) in [5.41, 5.74) is 2.60. The van der Waals surface area contributed by atoms with Crippen LogP contribution in [0.5, 0.6) is 11.5 Å². The van der Waals surface area contributed by atoms with Crippen LogP contribution in [0.2, 0.25) is 0 Å². The molecule has 1 aromatic heterocycles. The first-order valence-corrected chi connectivity index (χ1v) is 15.8. The molecule has 0 bridgehead atoms. The van der Waals surface area contributed by atoms with Crippen LogP contribution in [-0.2, 0) is 18.3 Å².